The Labute approximate surface area is 332 Å². The van der Waals surface area contributed by atoms with Crippen molar-refractivity contribution in [2.24, 2.45) is 0 Å². The van der Waals surface area contributed by atoms with Crippen molar-refractivity contribution in [1.82, 2.24) is 15.0 Å². The standard InChI is InChI=1S/C53H31N3O2/c1-2-11-32(12-3-1)38-26-27-44(41-16-5-4-15-40(38)41)53-55-51(36-14-10-13-33(29-36)34-21-25-43-42-17-6-8-19-46(42)58-49(43)31-34)54-52(56-53)37-22-24-39-35(30-37)23-28-48-50(39)45-18-7-9-20-47(45)57-48/h1-31H. The molecule has 0 unspecified atom stereocenters. The van der Waals surface area contributed by atoms with Crippen molar-refractivity contribution in [3.8, 4) is 56.4 Å². The van der Waals surface area contributed by atoms with Crippen molar-refractivity contribution in [2.75, 3.05) is 0 Å². The van der Waals surface area contributed by atoms with Crippen LogP contribution in [0.2, 0.25) is 0 Å². The summed E-state index contributed by atoms with van der Waals surface area (Å²) in [4.78, 5) is 15.7. The number of furan rings is 2. The topological polar surface area (TPSA) is 65.0 Å². The first-order chi connectivity index (χ1) is 28.7. The molecular weight excluding hydrogens is 711 g/mol. The van der Waals surface area contributed by atoms with E-state index in [1.165, 1.54) is 0 Å². The Morgan fingerprint density at radius 3 is 1.66 bits per heavy atom. The van der Waals surface area contributed by atoms with E-state index in [2.05, 4.69) is 152 Å². The van der Waals surface area contributed by atoms with Gasteiger partial charge >= 0.3 is 0 Å². The predicted molar refractivity (Wildman–Crippen MR) is 237 cm³/mol. The molecular formula is C53H31N3O2. The molecule has 0 saturated carbocycles. The van der Waals surface area contributed by atoms with E-state index in [1.807, 2.05) is 36.4 Å². The lowest BCUT2D eigenvalue weighted by Crippen LogP contribution is -2.01. The van der Waals surface area contributed by atoms with E-state index in [-0.39, 0.29) is 0 Å². The largest absolute Gasteiger partial charge is 0.456 e. The van der Waals surface area contributed by atoms with Crippen LogP contribution in [0.5, 0.6) is 0 Å². The number of benzene rings is 9. The molecule has 0 aliphatic rings. The molecule has 12 aromatic rings. The summed E-state index contributed by atoms with van der Waals surface area (Å²) in [6.07, 6.45) is 0. The molecule has 0 radical (unpaired) electrons. The average Bonchev–Trinajstić information content (AvgIpc) is 3.87. The third kappa shape index (κ3) is 5.21. The molecule has 0 spiro atoms. The van der Waals surface area contributed by atoms with Crippen LogP contribution in [0.1, 0.15) is 0 Å². The van der Waals surface area contributed by atoms with Crippen LogP contribution in [-0.2, 0) is 0 Å². The van der Waals surface area contributed by atoms with E-state index < -0.39 is 0 Å². The van der Waals surface area contributed by atoms with Gasteiger partial charge in [0.2, 0.25) is 0 Å². The van der Waals surface area contributed by atoms with Crippen LogP contribution in [-0.4, -0.2) is 15.0 Å². The summed E-state index contributed by atoms with van der Waals surface area (Å²) in [6.45, 7) is 0. The molecule has 5 nitrogen and oxygen atoms in total. The number of hydrogen-bond acceptors (Lipinski definition) is 5. The molecule has 12 rings (SSSR count). The smallest absolute Gasteiger partial charge is 0.164 e. The monoisotopic (exact) mass is 741 g/mol. The van der Waals surface area contributed by atoms with E-state index in [9.17, 15) is 0 Å². The lowest BCUT2D eigenvalue weighted by atomic mass is 9.94. The molecule has 0 aliphatic heterocycles. The Bertz CT molecular complexity index is 3580. The Balaban J connectivity index is 1.04. The first-order valence-corrected chi connectivity index (χ1v) is 19.4. The number of rotatable bonds is 5. The minimum absolute atomic E-state index is 0.597. The summed E-state index contributed by atoms with van der Waals surface area (Å²) in [5, 5.41) is 8.85. The second-order valence-electron chi connectivity index (χ2n) is 14.7. The van der Waals surface area contributed by atoms with Gasteiger partial charge in [0.25, 0.3) is 0 Å². The van der Waals surface area contributed by atoms with Crippen LogP contribution in [0.15, 0.2) is 197 Å². The molecule has 0 atom stereocenters. The zero-order valence-corrected chi connectivity index (χ0v) is 31.1. The van der Waals surface area contributed by atoms with Crippen LogP contribution in [0.4, 0.5) is 0 Å². The Morgan fingerprint density at radius 1 is 0.276 bits per heavy atom. The first-order valence-electron chi connectivity index (χ1n) is 19.4. The van der Waals surface area contributed by atoms with Crippen molar-refractivity contribution in [3.05, 3.63) is 188 Å². The number of hydrogen-bond donors (Lipinski definition) is 0. The van der Waals surface area contributed by atoms with E-state index in [0.717, 1.165) is 104 Å². The zero-order valence-electron chi connectivity index (χ0n) is 31.1. The third-order valence-corrected chi connectivity index (χ3v) is 11.3. The van der Waals surface area contributed by atoms with E-state index in [0.29, 0.717) is 17.5 Å². The van der Waals surface area contributed by atoms with Gasteiger partial charge in [-0.3, -0.25) is 0 Å². The molecule has 270 valence electrons. The average molecular weight is 742 g/mol. The van der Waals surface area contributed by atoms with Gasteiger partial charge in [0.15, 0.2) is 17.5 Å². The number of fused-ring (bicyclic) bond motifs is 9. The first kappa shape index (κ1) is 32.4. The van der Waals surface area contributed by atoms with Gasteiger partial charge in [-0.05, 0) is 92.3 Å². The third-order valence-electron chi connectivity index (χ3n) is 11.3. The summed E-state index contributed by atoms with van der Waals surface area (Å²) in [5.74, 6) is 1.81. The Kier molecular flexibility index (Phi) is 7.16. The molecule has 9 aromatic carbocycles. The zero-order chi connectivity index (χ0) is 38.2. The summed E-state index contributed by atoms with van der Waals surface area (Å²) < 4.78 is 12.5. The maximum Gasteiger partial charge on any atom is 0.164 e. The van der Waals surface area contributed by atoms with Gasteiger partial charge < -0.3 is 8.83 Å². The highest BCUT2D eigenvalue weighted by Gasteiger charge is 2.18. The van der Waals surface area contributed by atoms with E-state index in [1.54, 1.807) is 0 Å². The van der Waals surface area contributed by atoms with Gasteiger partial charge in [-0.1, -0.05) is 140 Å². The van der Waals surface area contributed by atoms with Gasteiger partial charge in [-0.15, -0.1) is 0 Å². The van der Waals surface area contributed by atoms with E-state index in [4.69, 9.17) is 23.8 Å². The molecule has 0 bridgehead atoms. The highest BCUT2D eigenvalue weighted by molar-refractivity contribution is 6.19. The lowest BCUT2D eigenvalue weighted by Gasteiger charge is -2.13. The fraction of sp³-hybridized carbons (Fsp3) is 0. The minimum Gasteiger partial charge on any atom is -0.456 e. The maximum absolute atomic E-state index is 6.26. The van der Waals surface area contributed by atoms with Gasteiger partial charge in [0.05, 0.1) is 0 Å². The fourth-order valence-electron chi connectivity index (χ4n) is 8.55. The SMILES string of the molecule is c1ccc(-c2ccc(-c3nc(-c4cccc(-c5ccc6c(c5)oc5ccccc56)c4)nc(-c4ccc5c(ccc6oc7ccccc7c65)c4)n3)c3ccccc23)cc1. The van der Waals surface area contributed by atoms with Gasteiger partial charge in [0.1, 0.15) is 22.3 Å². The Hall–Kier alpha value is -7.89. The predicted octanol–water partition coefficient (Wildman–Crippen LogP) is 14.3. The van der Waals surface area contributed by atoms with Gasteiger partial charge in [-0.2, -0.15) is 0 Å². The van der Waals surface area contributed by atoms with Crippen molar-refractivity contribution in [2.45, 2.75) is 0 Å². The van der Waals surface area contributed by atoms with Crippen molar-refractivity contribution in [3.63, 3.8) is 0 Å². The van der Waals surface area contributed by atoms with Crippen molar-refractivity contribution in [1.29, 1.82) is 0 Å². The fourth-order valence-corrected chi connectivity index (χ4v) is 8.55. The van der Waals surface area contributed by atoms with Gasteiger partial charge in [-0.25, -0.2) is 15.0 Å². The summed E-state index contributed by atoms with van der Waals surface area (Å²) in [7, 11) is 0. The van der Waals surface area contributed by atoms with Crippen LogP contribution in [0.25, 0.3) is 122 Å². The quantitative estimate of drug-likeness (QED) is 0.176. The second kappa shape index (κ2) is 12.8. The molecule has 0 fully saturated rings. The van der Waals surface area contributed by atoms with E-state index >= 15 is 0 Å². The molecule has 58 heavy (non-hydrogen) atoms. The molecule has 0 amide bonds. The summed E-state index contributed by atoms with van der Waals surface area (Å²) in [6, 6.07) is 65.2. The van der Waals surface area contributed by atoms with Crippen molar-refractivity contribution < 1.29 is 8.83 Å². The molecule has 5 heteroatoms. The second-order valence-corrected chi connectivity index (χ2v) is 14.7. The Morgan fingerprint density at radius 2 is 0.828 bits per heavy atom. The van der Waals surface area contributed by atoms with Crippen LogP contribution in [0.3, 0.4) is 0 Å². The minimum atomic E-state index is 0.597. The number of para-hydroxylation sites is 2. The molecule has 0 aliphatic carbocycles. The highest BCUT2D eigenvalue weighted by atomic mass is 16.3. The normalized spacial score (nSPS) is 11.8. The van der Waals surface area contributed by atoms with Gasteiger partial charge in [0, 0.05) is 38.2 Å². The summed E-state index contributed by atoms with van der Waals surface area (Å²) in [5.41, 5.74) is 10.7. The van der Waals surface area contributed by atoms with Crippen LogP contribution in [0, 0.1) is 0 Å². The molecule has 0 saturated heterocycles. The van der Waals surface area contributed by atoms with Crippen LogP contribution < -0.4 is 0 Å². The summed E-state index contributed by atoms with van der Waals surface area (Å²) >= 11 is 0. The highest BCUT2D eigenvalue weighted by Crippen LogP contribution is 2.39. The van der Waals surface area contributed by atoms with Crippen molar-refractivity contribution >= 4 is 65.4 Å². The van der Waals surface area contributed by atoms with Crippen LogP contribution >= 0.6 is 0 Å². The number of nitrogens with zero attached hydrogens (tertiary/aromatic N) is 3. The number of aromatic nitrogens is 3. The molecule has 3 aromatic heterocycles. The maximum atomic E-state index is 6.26. The lowest BCUT2D eigenvalue weighted by molar-refractivity contribution is 0.669. The molecule has 0 N–H and O–H groups in total. The molecule has 3 heterocycles.